The number of piperidine rings is 2. The molecule has 2 saturated heterocycles. The Morgan fingerprint density at radius 1 is 1.08 bits per heavy atom. The fraction of sp³-hybridized carbons (Fsp3) is 0.455. The first-order valence-electron chi connectivity index (χ1n) is 9.56. The van der Waals surface area contributed by atoms with Gasteiger partial charge in [-0.3, -0.25) is 14.7 Å². The third-order valence-corrected chi connectivity index (χ3v) is 6.16. The first-order chi connectivity index (χ1) is 12.7. The molecule has 136 valence electrons. The monoisotopic (exact) mass is 349 g/mol. The third kappa shape index (κ3) is 3.51. The van der Waals surface area contributed by atoms with Crippen LogP contribution in [0.2, 0.25) is 0 Å². The highest BCUT2D eigenvalue weighted by molar-refractivity contribution is 5.84. The molecule has 4 heteroatoms. The summed E-state index contributed by atoms with van der Waals surface area (Å²) < 4.78 is 0. The summed E-state index contributed by atoms with van der Waals surface area (Å²) in [5.74, 6) is 0.294. The molecule has 2 fully saturated rings. The van der Waals surface area contributed by atoms with Gasteiger partial charge in [-0.05, 0) is 61.0 Å². The van der Waals surface area contributed by atoms with Crippen LogP contribution in [0.15, 0.2) is 54.9 Å². The van der Waals surface area contributed by atoms with Crippen molar-refractivity contribution in [2.24, 2.45) is 5.41 Å². The third-order valence-electron chi connectivity index (χ3n) is 6.16. The summed E-state index contributed by atoms with van der Waals surface area (Å²) in [7, 11) is 1.97. The Hall–Kier alpha value is -2.20. The van der Waals surface area contributed by atoms with E-state index < -0.39 is 0 Å². The summed E-state index contributed by atoms with van der Waals surface area (Å²) in [5, 5.41) is 0. The predicted molar refractivity (Wildman–Crippen MR) is 103 cm³/mol. The molecule has 2 aliphatic heterocycles. The lowest BCUT2D eigenvalue weighted by atomic mass is 9.67. The van der Waals surface area contributed by atoms with Gasteiger partial charge in [0.2, 0.25) is 5.91 Å². The number of nitrogens with zero attached hydrogens (tertiary/aromatic N) is 3. The van der Waals surface area contributed by atoms with Crippen LogP contribution in [0.4, 0.5) is 0 Å². The Labute approximate surface area is 155 Å². The van der Waals surface area contributed by atoms with Gasteiger partial charge in [-0.25, -0.2) is 0 Å². The van der Waals surface area contributed by atoms with Crippen molar-refractivity contribution in [3.63, 3.8) is 0 Å². The first-order valence-corrected chi connectivity index (χ1v) is 9.56. The number of likely N-dealkylation sites (tertiary alicyclic amines) is 2. The van der Waals surface area contributed by atoms with E-state index in [0.717, 1.165) is 32.6 Å². The average molecular weight is 349 g/mol. The fourth-order valence-electron chi connectivity index (χ4n) is 4.67. The largest absolute Gasteiger partial charge is 0.345 e. The first kappa shape index (κ1) is 17.2. The van der Waals surface area contributed by atoms with Crippen LogP contribution in [-0.4, -0.2) is 47.4 Å². The van der Waals surface area contributed by atoms with Gasteiger partial charge < -0.3 is 4.90 Å². The number of aromatic nitrogens is 1. The molecular formula is C22H27N3O. The molecule has 0 radical (unpaired) electrons. The summed E-state index contributed by atoms with van der Waals surface area (Å²) >= 11 is 0. The molecule has 1 amide bonds. The summed E-state index contributed by atoms with van der Waals surface area (Å²) in [6.07, 6.45) is 7.06. The Morgan fingerprint density at radius 3 is 2.46 bits per heavy atom. The average Bonchev–Trinajstić information content (AvgIpc) is 2.68. The van der Waals surface area contributed by atoms with Gasteiger partial charge in [0.25, 0.3) is 0 Å². The number of rotatable bonds is 3. The van der Waals surface area contributed by atoms with Crippen LogP contribution >= 0.6 is 0 Å². The summed E-state index contributed by atoms with van der Waals surface area (Å²) in [6, 6.07) is 14.5. The van der Waals surface area contributed by atoms with Gasteiger partial charge in [0, 0.05) is 32.5 Å². The van der Waals surface area contributed by atoms with Crippen molar-refractivity contribution in [3.8, 4) is 0 Å². The van der Waals surface area contributed by atoms with E-state index in [1.807, 2.05) is 42.5 Å². The van der Waals surface area contributed by atoms with E-state index in [4.69, 9.17) is 0 Å². The Morgan fingerprint density at radius 2 is 1.77 bits per heavy atom. The van der Waals surface area contributed by atoms with Crippen LogP contribution in [0.25, 0.3) is 0 Å². The van der Waals surface area contributed by atoms with Gasteiger partial charge in [0.05, 0.1) is 5.92 Å². The Kier molecular flexibility index (Phi) is 4.77. The van der Waals surface area contributed by atoms with E-state index in [1.165, 1.54) is 24.0 Å². The van der Waals surface area contributed by atoms with E-state index >= 15 is 0 Å². The molecule has 2 aromatic rings. The second-order valence-corrected chi connectivity index (χ2v) is 7.99. The summed E-state index contributed by atoms with van der Waals surface area (Å²) in [4.78, 5) is 21.4. The molecule has 0 saturated carbocycles. The van der Waals surface area contributed by atoms with Crippen LogP contribution in [0.1, 0.15) is 36.3 Å². The highest BCUT2D eigenvalue weighted by Gasteiger charge is 2.44. The Balaban J connectivity index is 1.45. The number of likely N-dealkylation sites (N-methyl/N-ethyl adjacent to an activating group) is 1. The van der Waals surface area contributed by atoms with Gasteiger partial charge in [0.1, 0.15) is 0 Å². The van der Waals surface area contributed by atoms with Crippen molar-refractivity contribution in [3.05, 3.63) is 66.0 Å². The van der Waals surface area contributed by atoms with Crippen LogP contribution in [0.3, 0.4) is 0 Å². The van der Waals surface area contributed by atoms with E-state index in [-0.39, 0.29) is 17.2 Å². The number of pyridine rings is 1. The topological polar surface area (TPSA) is 36.4 Å². The van der Waals surface area contributed by atoms with Crippen molar-refractivity contribution in [1.82, 2.24) is 14.8 Å². The summed E-state index contributed by atoms with van der Waals surface area (Å²) in [5.41, 5.74) is 2.76. The summed E-state index contributed by atoms with van der Waals surface area (Å²) in [6.45, 7) is 4.10. The number of amides is 1. The van der Waals surface area contributed by atoms with Crippen molar-refractivity contribution in [2.75, 3.05) is 26.7 Å². The van der Waals surface area contributed by atoms with E-state index in [0.29, 0.717) is 0 Å². The number of benzene rings is 1. The molecule has 1 atom stereocenters. The molecule has 4 nitrogen and oxygen atoms in total. The standard InChI is InChI=1S/C22H27N3O/c1-24-17-22(15-20(21(24)26)19-5-3-2-4-6-19)9-13-25(14-10-22)16-18-7-11-23-12-8-18/h2-8,11-12,20H,9-10,13-17H2,1H3/t20-/m1/s1. The lowest BCUT2D eigenvalue weighted by Crippen LogP contribution is -2.52. The van der Waals surface area contributed by atoms with Gasteiger partial charge in [-0.15, -0.1) is 0 Å². The number of carbonyl (C=O) groups excluding carboxylic acids is 1. The SMILES string of the molecule is CN1CC2(CCN(Cc3ccncc3)CC2)C[C@H](c2ccccc2)C1=O. The van der Waals surface area contributed by atoms with Crippen molar-refractivity contribution >= 4 is 5.91 Å². The van der Waals surface area contributed by atoms with Crippen molar-refractivity contribution in [1.29, 1.82) is 0 Å². The second kappa shape index (κ2) is 7.20. The van der Waals surface area contributed by atoms with Crippen molar-refractivity contribution in [2.45, 2.75) is 31.7 Å². The Bertz CT molecular complexity index is 738. The van der Waals surface area contributed by atoms with Gasteiger partial charge >= 0.3 is 0 Å². The maximum atomic E-state index is 12.8. The second-order valence-electron chi connectivity index (χ2n) is 7.99. The minimum absolute atomic E-state index is 0.0155. The molecule has 26 heavy (non-hydrogen) atoms. The van der Waals surface area contributed by atoms with Crippen LogP contribution in [0.5, 0.6) is 0 Å². The molecule has 3 heterocycles. The van der Waals surface area contributed by atoms with Crippen LogP contribution in [0, 0.1) is 5.41 Å². The van der Waals surface area contributed by atoms with Crippen molar-refractivity contribution < 1.29 is 4.79 Å². The van der Waals surface area contributed by atoms with Crippen LogP contribution in [-0.2, 0) is 11.3 Å². The zero-order valence-electron chi connectivity index (χ0n) is 15.5. The highest BCUT2D eigenvalue weighted by Crippen LogP contribution is 2.45. The molecule has 1 aromatic carbocycles. The van der Waals surface area contributed by atoms with Crippen LogP contribution < -0.4 is 0 Å². The highest BCUT2D eigenvalue weighted by atomic mass is 16.2. The van der Waals surface area contributed by atoms with Gasteiger partial charge in [-0.2, -0.15) is 0 Å². The molecule has 0 N–H and O–H groups in total. The number of hydrogen-bond acceptors (Lipinski definition) is 3. The normalized spacial score (nSPS) is 23.3. The van der Waals surface area contributed by atoms with E-state index in [2.05, 4.69) is 34.1 Å². The zero-order chi connectivity index (χ0) is 18.0. The fourth-order valence-corrected chi connectivity index (χ4v) is 4.67. The van der Waals surface area contributed by atoms with E-state index in [1.54, 1.807) is 0 Å². The molecule has 0 bridgehead atoms. The maximum absolute atomic E-state index is 12.8. The predicted octanol–water partition coefficient (Wildman–Crippen LogP) is 3.31. The minimum atomic E-state index is 0.0155. The quantitative estimate of drug-likeness (QED) is 0.853. The van der Waals surface area contributed by atoms with Gasteiger partial charge in [0.15, 0.2) is 0 Å². The molecular weight excluding hydrogens is 322 g/mol. The maximum Gasteiger partial charge on any atom is 0.229 e. The molecule has 1 aromatic heterocycles. The lowest BCUT2D eigenvalue weighted by molar-refractivity contribution is -0.139. The molecule has 2 aliphatic rings. The molecule has 0 aliphatic carbocycles. The zero-order valence-corrected chi connectivity index (χ0v) is 15.5. The molecule has 4 rings (SSSR count). The lowest BCUT2D eigenvalue weighted by Gasteiger charge is -2.49. The minimum Gasteiger partial charge on any atom is -0.345 e. The smallest absolute Gasteiger partial charge is 0.229 e. The number of hydrogen-bond donors (Lipinski definition) is 0. The molecule has 0 unspecified atom stereocenters. The number of carbonyl (C=O) groups is 1. The van der Waals surface area contributed by atoms with Gasteiger partial charge in [-0.1, -0.05) is 30.3 Å². The van der Waals surface area contributed by atoms with E-state index in [9.17, 15) is 4.79 Å². The molecule has 1 spiro atoms.